The zero-order chi connectivity index (χ0) is 11.8. The Morgan fingerprint density at radius 3 is 3.06 bits per heavy atom. The lowest BCUT2D eigenvalue weighted by Crippen LogP contribution is -2.36. The van der Waals surface area contributed by atoms with Crippen LogP contribution in [0.4, 0.5) is 0 Å². The van der Waals surface area contributed by atoms with Gasteiger partial charge >= 0.3 is 5.97 Å². The molecule has 2 heterocycles. The van der Waals surface area contributed by atoms with Gasteiger partial charge in [-0.1, -0.05) is 12.2 Å². The minimum Gasteiger partial charge on any atom is -0.480 e. The fourth-order valence-electron chi connectivity index (χ4n) is 2.80. The van der Waals surface area contributed by atoms with E-state index in [1.54, 1.807) is 0 Å². The van der Waals surface area contributed by atoms with E-state index >= 15 is 0 Å². The Labute approximate surface area is 99.2 Å². The zero-order valence-electron chi connectivity index (χ0n) is 9.70. The Balaban J connectivity index is 1.94. The molecule has 0 saturated heterocycles. The molecule has 0 unspecified atom stereocenters. The molecule has 1 aromatic heterocycles. The summed E-state index contributed by atoms with van der Waals surface area (Å²) < 4.78 is 0. The molecule has 0 saturated carbocycles. The zero-order valence-corrected chi connectivity index (χ0v) is 9.70. The van der Waals surface area contributed by atoms with Gasteiger partial charge in [-0.15, -0.1) is 0 Å². The molecule has 0 atom stereocenters. The van der Waals surface area contributed by atoms with Crippen LogP contribution in [0.25, 0.3) is 12.2 Å². The summed E-state index contributed by atoms with van der Waals surface area (Å²) in [5.41, 5.74) is 2.61. The lowest BCUT2D eigenvalue weighted by atomic mass is 10.0. The van der Waals surface area contributed by atoms with E-state index in [2.05, 4.69) is 17.1 Å². The average Bonchev–Trinajstić information content (AvgIpc) is 2.65. The third-order valence-corrected chi connectivity index (χ3v) is 3.55. The fourth-order valence-corrected chi connectivity index (χ4v) is 2.80. The summed E-state index contributed by atoms with van der Waals surface area (Å²) in [6, 6.07) is 0. The van der Waals surface area contributed by atoms with Gasteiger partial charge < -0.3 is 10.1 Å². The van der Waals surface area contributed by atoms with Gasteiger partial charge in [-0.05, 0) is 30.0 Å². The van der Waals surface area contributed by atoms with Crippen molar-refractivity contribution < 1.29 is 9.90 Å². The van der Waals surface area contributed by atoms with E-state index in [1.165, 1.54) is 21.8 Å². The van der Waals surface area contributed by atoms with Crippen LogP contribution in [0.15, 0.2) is 0 Å². The van der Waals surface area contributed by atoms with Gasteiger partial charge in [0.1, 0.15) is 0 Å². The number of nitrogens with one attached hydrogen (secondary N) is 1. The molecular weight excluding hydrogens is 216 g/mol. The van der Waals surface area contributed by atoms with Crippen molar-refractivity contribution in [2.75, 3.05) is 13.1 Å². The van der Waals surface area contributed by atoms with Crippen LogP contribution >= 0.6 is 0 Å². The first-order chi connectivity index (χ1) is 8.24. The largest absolute Gasteiger partial charge is 0.480 e. The van der Waals surface area contributed by atoms with Gasteiger partial charge in [0.25, 0.3) is 0 Å². The smallest absolute Gasteiger partial charge is 0.317 e. The molecule has 1 aromatic rings. The Hall–Kier alpha value is -1.55. The van der Waals surface area contributed by atoms with Crippen LogP contribution in [0.3, 0.4) is 0 Å². The summed E-state index contributed by atoms with van der Waals surface area (Å²) in [5, 5.41) is 11.4. The lowest BCUT2D eigenvalue weighted by molar-refractivity contribution is -0.138. The number of aromatic nitrogens is 1. The normalized spacial score (nSPS) is 18.8. The number of fused-ring (bicyclic) bond motifs is 3. The average molecular weight is 232 g/mol. The predicted octanol–water partition coefficient (Wildman–Crippen LogP) is -0.188. The van der Waals surface area contributed by atoms with Gasteiger partial charge in [-0.25, -0.2) is 0 Å². The molecule has 17 heavy (non-hydrogen) atoms. The van der Waals surface area contributed by atoms with Gasteiger partial charge in [-0.3, -0.25) is 9.69 Å². The van der Waals surface area contributed by atoms with E-state index in [1.807, 2.05) is 4.90 Å². The first-order valence-electron chi connectivity index (χ1n) is 6.08. The van der Waals surface area contributed by atoms with E-state index in [0.29, 0.717) is 0 Å². The summed E-state index contributed by atoms with van der Waals surface area (Å²) in [4.78, 5) is 16.1. The highest BCUT2D eigenvalue weighted by molar-refractivity contribution is 5.69. The first kappa shape index (κ1) is 10.6. The highest BCUT2D eigenvalue weighted by Gasteiger charge is 2.21. The Morgan fingerprint density at radius 2 is 2.24 bits per heavy atom. The summed E-state index contributed by atoms with van der Waals surface area (Å²) >= 11 is 0. The van der Waals surface area contributed by atoms with Crippen molar-refractivity contribution in [1.29, 1.82) is 0 Å². The molecule has 0 bridgehead atoms. The van der Waals surface area contributed by atoms with Crippen LogP contribution in [-0.2, 0) is 17.8 Å². The Kier molecular flexibility index (Phi) is 2.52. The molecule has 0 radical (unpaired) electrons. The fraction of sp³-hybridized carbons (Fsp3) is 0.462. The van der Waals surface area contributed by atoms with Crippen LogP contribution in [-0.4, -0.2) is 34.0 Å². The summed E-state index contributed by atoms with van der Waals surface area (Å²) in [7, 11) is 0. The minimum absolute atomic E-state index is 0.135. The second-order valence-corrected chi connectivity index (χ2v) is 4.75. The molecule has 4 nitrogen and oxygen atoms in total. The Morgan fingerprint density at radius 1 is 1.41 bits per heavy atom. The maximum absolute atomic E-state index is 10.7. The third-order valence-electron chi connectivity index (χ3n) is 3.55. The van der Waals surface area contributed by atoms with Crippen molar-refractivity contribution >= 4 is 18.1 Å². The van der Waals surface area contributed by atoms with Gasteiger partial charge in [0, 0.05) is 24.1 Å². The van der Waals surface area contributed by atoms with Gasteiger partial charge in [0.15, 0.2) is 0 Å². The topological polar surface area (TPSA) is 56.3 Å². The molecule has 90 valence electrons. The summed E-state index contributed by atoms with van der Waals surface area (Å²) in [5.74, 6) is -0.747. The standard InChI is InChI=1S/C13H16N2O2/c16-13(17)8-15-6-5-10-9-3-1-2-4-11(9)14-12(10)7-15/h3-4,14H,1-2,5-8H2,(H,16,17). The van der Waals surface area contributed by atoms with E-state index in [9.17, 15) is 4.79 Å². The monoisotopic (exact) mass is 232 g/mol. The molecule has 2 N–H and O–H groups in total. The number of hydrogen-bond acceptors (Lipinski definition) is 2. The second kappa shape index (κ2) is 4.04. The van der Waals surface area contributed by atoms with Gasteiger partial charge in [-0.2, -0.15) is 0 Å². The van der Waals surface area contributed by atoms with Gasteiger partial charge in [0.2, 0.25) is 0 Å². The number of aromatic amines is 1. The van der Waals surface area contributed by atoms with Crippen molar-refractivity contribution in [2.24, 2.45) is 0 Å². The lowest BCUT2D eigenvalue weighted by Gasteiger charge is -2.24. The molecule has 1 aliphatic heterocycles. The quantitative estimate of drug-likeness (QED) is 0.743. The van der Waals surface area contributed by atoms with E-state index in [4.69, 9.17) is 5.11 Å². The highest BCUT2D eigenvalue weighted by Crippen LogP contribution is 2.13. The number of carbonyl (C=O) groups is 1. The van der Waals surface area contributed by atoms with Crippen LogP contribution < -0.4 is 10.6 Å². The highest BCUT2D eigenvalue weighted by atomic mass is 16.4. The molecule has 0 aromatic carbocycles. The van der Waals surface area contributed by atoms with Gasteiger partial charge in [0.05, 0.1) is 6.54 Å². The number of carboxylic acid groups (broad SMARTS) is 1. The maximum atomic E-state index is 10.7. The van der Waals surface area contributed by atoms with Crippen molar-refractivity contribution in [3.63, 3.8) is 0 Å². The minimum atomic E-state index is -0.747. The molecular formula is C13H16N2O2. The van der Waals surface area contributed by atoms with Crippen molar-refractivity contribution in [1.82, 2.24) is 9.88 Å². The number of hydrogen-bond donors (Lipinski definition) is 2. The molecule has 0 spiro atoms. The number of rotatable bonds is 2. The maximum Gasteiger partial charge on any atom is 0.317 e. The van der Waals surface area contributed by atoms with Crippen molar-refractivity contribution in [3.05, 3.63) is 21.8 Å². The Bertz CT molecular complexity index is 571. The molecule has 3 rings (SSSR count). The van der Waals surface area contributed by atoms with E-state index < -0.39 is 5.97 Å². The molecule has 1 aliphatic carbocycles. The molecule has 2 aliphatic rings. The summed E-state index contributed by atoms with van der Waals surface area (Å²) in [6.45, 7) is 1.71. The summed E-state index contributed by atoms with van der Waals surface area (Å²) in [6.07, 6.45) is 7.73. The first-order valence-corrected chi connectivity index (χ1v) is 6.08. The van der Waals surface area contributed by atoms with E-state index in [-0.39, 0.29) is 6.54 Å². The van der Waals surface area contributed by atoms with Crippen molar-refractivity contribution in [3.8, 4) is 0 Å². The molecule has 4 heteroatoms. The number of H-pyrrole nitrogens is 1. The number of carboxylic acids is 1. The van der Waals surface area contributed by atoms with Crippen molar-refractivity contribution in [2.45, 2.75) is 25.8 Å². The second-order valence-electron chi connectivity index (χ2n) is 4.75. The third kappa shape index (κ3) is 1.89. The molecule has 0 fully saturated rings. The molecule has 0 amide bonds. The van der Waals surface area contributed by atoms with Crippen LogP contribution in [0, 0.1) is 0 Å². The van der Waals surface area contributed by atoms with Crippen LogP contribution in [0.2, 0.25) is 0 Å². The predicted molar refractivity (Wildman–Crippen MR) is 64.8 cm³/mol. The number of aliphatic carboxylic acids is 1. The van der Waals surface area contributed by atoms with E-state index in [0.717, 1.165) is 32.4 Å². The SMILES string of the molecule is O=C(O)CN1CCc2c([nH]c3c2=CCCC=3)C1. The van der Waals surface area contributed by atoms with Crippen LogP contribution in [0.5, 0.6) is 0 Å². The van der Waals surface area contributed by atoms with Crippen LogP contribution in [0.1, 0.15) is 24.1 Å². The number of nitrogens with zero attached hydrogens (tertiary/aromatic N) is 1.